The van der Waals surface area contributed by atoms with Gasteiger partial charge in [0.15, 0.2) is 0 Å². The summed E-state index contributed by atoms with van der Waals surface area (Å²) in [7, 11) is 3.07. The summed E-state index contributed by atoms with van der Waals surface area (Å²) in [5.74, 6) is -0.637. The lowest BCUT2D eigenvalue weighted by Gasteiger charge is -2.26. The van der Waals surface area contributed by atoms with Gasteiger partial charge >= 0.3 is 0 Å². The molecule has 1 fully saturated rings. The number of methoxy groups -OCH3 is 2. The number of carbonyl (C=O) groups excluding carboxylic acids is 2. The first kappa shape index (κ1) is 24.4. The van der Waals surface area contributed by atoms with E-state index in [0.29, 0.717) is 38.9 Å². The van der Waals surface area contributed by atoms with Crippen molar-refractivity contribution in [2.75, 3.05) is 19.1 Å². The number of aliphatic hydroxyl groups is 1. The van der Waals surface area contributed by atoms with Crippen molar-refractivity contribution in [3.63, 3.8) is 0 Å². The second-order valence-corrected chi connectivity index (χ2v) is 8.95. The molecule has 1 aliphatic heterocycles. The number of hydrogen-bond donors (Lipinski definition) is 1. The third kappa shape index (κ3) is 4.26. The average Bonchev–Trinajstić information content (AvgIpc) is 3.10. The summed E-state index contributed by atoms with van der Waals surface area (Å²) in [6.07, 6.45) is 0. The average molecular weight is 492 g/mol. The normalized spacial score (nSPS) is 17.1. The topological polar surface area (TPSA) is 76.1 Å². The lowest BCUT2D eigenvalue weighted by atomic mass is 9.92. The van der Waals surface area contributed by atoms with Crippen molar-refractivity contribution in [1.29, 1.82) is 0 Å². The molecule has 7 heteroatoms. The van der Waals surface area contributed by atoms with Crippen molar-refractivity contribution in [3.8, 4) is 11.5 Å². The van der Waals surface area contributed by atoms with E-state index in [9.17, 15) is 14.7 Å². The van der Waals surface area contributed by atoms with E-state index < -0.39 is 17.7 Å². The summed E-state index contributed by atoms with van der Waals surface area (Å²) < 4.78 is 10.6. The molecule has 1 saturated heterocycles. The lowest BCUT2D eigenvalue weighted by molar-refractivity contribution is -0.132. The zero-order valence-electron chi connectivity index (χ0n) is 20.2. The highest BCUT2D eigenvalue weighted by Crippen LogP contribution is 2.44. The SMILES string of the molecule is COc1cc(C)c(/C(O)=C2\C(=O)C(=O)N(c3ccc(OC)c(Cl)c3)C2c2cccc(C)c2)cc1C. The number of halogens is 1. The van der Waals surface area contributed by atoms with E-state index in [0.717, 1.165) is 11.1 Å². The fraction of sp³-hybridized carbons (Fsp3) is 0.214. The molecule has 4 rings (SSSR count). The number of rotatable bonds is 5. The Kier molecular flexibility index (Phi) is 6.59. The van der Waals surface area contributed by atoms with Crippen LogP contribution in [-0.4, -0.2) is 31.0 Å². The number of aliphatic hydroxyl groups excluding tert-OH is 1. The van der Waals surface area contributed by atoms with Crippen LogP contribution in [0.3, 0.4) is 0 Å². The zero-order valence-corrected chi connectivity index (χ0v) is 20.9. The van der Waals surface area contributed by atoms with E-state index in [4.69, 9.17) is 21.1 Å². The second kappa shape index (κ2) is 9.47. The molecule has 0 aliphatic carbocycles. The fourth-order valence-electron chi connectivity index (χ4n) is 4.47. The maximum atomic E-state index is 13.4. The minimum absolute atomic E-state index is 0.0141. The summed E-state index contributed by atoms with van der Waals surface area (Å²) >= 11 is 6.35. The molecule has 1 unspecified atom stereocenters. The van der Waals surface area contributed by atoms with Crippen molar-refractivity contribution >= 4 is 34.7 Å². The van der Waals surface area contributed by atoms with Gasteiger partial charge in [0, 0.05) is 11.3 Å². The van der Waals surface area contributed by atoms with E-state index in [-0.39, 0.29) is 11.3 Å². The van der Waals surface area contributed by atoms with Gasteiger partial charge in [0.1, 0.15) is 17.3 Å². The van der Waals surface area contributed by atoms with Crippen LogP contribution in [-0.2, 0) is 9.59 Å². The Balaban J connectivity index is 1.98. The third-order valence-electron chi connectivity index (χ3n) is 6.21. The van der Waals surface area contributed by atoms with Gasteiger partial charge in [-0.25, -0.2) is 0 Å². The van der Waals surface area contributed by atoms with Crippen LogP contribution in [0.2, 0.25) is 5.02 Å². The summed E-state index contributed by atoms with van der Waals surface area (Å²) in [4.78, 5) is 28.2. The van der Waals surface area contributed by atoms with Crippen molar-refractivity contribution < 1.29 is 24.2 Å². The predicted molar refractivity (Wildman–Crippen MR) is 136 cm³/mol. The van der Waals surface area contributed by atoms with Gasteiger partial charge in [0.25, 0.3) is 11.7 Å². The second-order valence-electron chi connectivity index (χ2n) is 8.54. The van der Waals surface area contributed by atoms with Crippen LogP contribution in [0.15, 0.2) is 60.2 Å². The van der Waals surface area contributed by atoms with Crippen molar-refractivity contribution in [3.05, 3.63) is 93.0 Å². The Morgan fingerprint density at radius 1 is 0.914 bits per heavy atom. The Morgan fingerprint density at radius 2 is 1.63 bits per heavy atom. The molecule has 1 aliphatic rings. The molecular formula is C28H26ClNO5. The summed E-state index contributed by atoms with van der Waals surface area (Å²) in [5.41, 5.74) is 4.06. The maximum Gasteiger partial charge on any atom is 0.300 e. The number of amides is 1. The van der Waals surface area contributed by atoms with E-state index in [1.165, 1.54) is 12.0 Å². The van der Waals surface area contributed by atoms with Gasteiger partial charge in [-0.15, -0.1) is 0 Å². The number of hydrogen-bond acceptors (Lipinski definition) is 5. The van der Waals surface area contributed by atoms with Crippen LogP contribution in [0, 0.1) is 20.8 Å². The van der Waals surface area contributed by atoms with E-state index >= 15 is 0 Å². The fourth-order valence-corrected chi connectivity index (χ4v) is 4.72. The number of carbonyl (C=O) groups is 2. The first-order chi connectivity index (χ1) is 16.7. The van der Waals surface area contributed by atoms with E-state index in [2.05, 4.69) is 0 Å². The first-order valence-corrected chi connectivity index (χ1v) is 11.4. The Labute approximate surface area is 209 Å². The molecule has 1 heterocycles. The highest BCUT2D eigenvalue weighted by atomic mass is 35.5. The van der Waals surface area contributed by atoms with Crippen molar-refractivity contribution in [2.45, 2.75) is 26.8 Å². The smallest absolute Gasteiger partial charge is 0.300 e. The molecule has 0 aromatic heterocycles. The van der Waals surface area contributed by atoms with Crippen molar-refractivity contribution in [2.24, 2.45) is 0 Å². The first-order valence-electron chi connectivity index (χ1n) is 11.0. The minimum atomic E-state index is -0.846. The van der Waals surface area contributed by atoms with Crippen LogP contribution in [0.25, 0.3) is 5.76 Å². The quantitative estimate of drug-likeness (QED) is 0.273. The number of ketones is 1. The molecule has 180 valence electrons. The molecule has 3 aromatic carbocycles. The molecule has 0 bridgehead atoms. The van der Waals surface area contributed by atoms with Gasteiger partial charge in [0.05, 0.1) is 30.9 Å². The van der Waals surface area contributed by atoms with Crippen LogP contribution in [0.1, 0.15) is 33.9 Å². The van der Waals surface area contributed by atoms with E-state index in [1.54, 1.807) is 37.4 Å². The molecule has 0 spiro atoms. The van der Waals surface area contributed by atoms with Gasteiger partial charge < -0.3 is 14.6 Å². The maximum absolute atomic E-state index is 13.4. The molecule has 0 radical (unpaired) electrons. The zero-order chi connectivity index (χ0) is 25.4. The summed E-state index contributed by atoms with van der Waals surface area (Å²) in [6, 6.07) is 15.1. The predicted octanol–water partition coefficient (Wildman–Crippen LogP) is 5.91. The third-order valence-corrected chi connectivity index (χ3v) is 6.51. The van der Waals surface area contributed by atoms with E-state index in [1.807, 2.05) is 45.0 Å². The molecule has 6 nitrogen and oxygen atoms in total. The monoisotopic (exact) mass is 491 g/mol. The number of nitrogens with zero attached hydrogens (tertiary/aromatic N) is 1. The Hall–Kier alpha value is -3.77. The van der Waals surface area contributed by atoms with Gasteiger partial charge in [-0.1, -0.05) is 41.4 Å². The molecule has 35 heavy (non-hydrogen) atoms. The number of Topliss-reactive ketones (excluding diaryl/α,β-unsaturated/α-hetero) is 1. The standard InChI is InChI=1S/C28H26ClNO5/c1-15-7-6-8-18(11-15)25-24(26(31)20-12-17(3)23(35-5)13-16(20)2)27(32)28(33)30(25)19-9-10-22(34-4)21(29)14-19/h6-14,25,31H,1-5H3/b26-24+. The highest BCUT2D eigenvalue weighted by molar-refractivity contribution is 6.52. The van der Waals surface area contributed by atoms with Crippen LogP contribution < -0.4 is 14.4 Å². The van der Waals surface area contributed by atoms with Gasteiger partial charge in [-0.3, -0.25) is 14.5 Å². The van der Waals surface area contributed by atoms with Gasteiger partial charge in [0.2, 0.25) is 0 Å². The Morgan fingerprint density at radius 3 is 2.26 bits per heavy atom. The number of aryl methyl sites for hydroxylation is 3. The largest absolute Gasteiger partial charge is 0.507 e. The van der Waals surface area contributed by atoms with Crippen molar-refractivity contribution in [1.82, 2.24) is 0 Å². The number of ether oxygens (including phenoxy) is 2. The highest BCUT2D eigenvalue weighted by Gasteiger charge is 2.47. The minimum Gasteiger partial charge on any atom is -0.507 e. The number of benzene rings is 3. The van der Waals surface area contributed by atoms with Gasteiger partial charge in [-0.05, 0) is 67.8 Å². The molecule has 1 N–H and O–H groups in total. The molecule has 1 atom stereocenters. The lowest BCUT2D eigenvalue weighted by Crippen LogP contribution is -2.29. The van der Waals surface area contributed by atoms with Crippen LogP contribution >= 0.6 is 11.6 Å². The molecule has 0 saturated carbocycles. The summed E-state index contributed by atoms with van der Waals surface area (Å²) in [5, 5.41) is 11.8. The molecule has 1 amide bonds. The summed E-state index contributed by atoms with van der Waals surface area (Å²) in [6.45, 7) is 5.60. The molecule has 3 aromatic rings. The van der Waals surface area contributed by atoms with Crippen LogP contribution in [0.5, 0.6) is 11.5 Å². The van der Waals surface area contributed by atoms with Gasteiger partial charge in [-0.2, -0.15) is 0 Å². The Bertz CT molecular complexity index is 1380. The molecular weight excluding hydrogens is 466 g/mol. The number of anilines is 1. The van der Waals surface area contributed by atoms with Crippen LogP contribution in [0.4, 0.5) is 5.69 Å².